The summed E-state index contributed by atoms with van der Waals surface area (Å²) in [6.07, 6.45) is 0. The second kappa shape index (κ2) is 12.8. The first-order chi connectivity index (χ1) is 19.0. The van der Waals surface area contributed by atoms with Gasteiger partial charge < -0.3 is 10.1 Å². The zero-order valence-electron chi connectivity index (χ0n) is 22.2. The lowest BCUT2D eigenvalue weighted by molar-refractivity contribution is 0.0342. The molecule has 0 aliphatic carbocycles. The van der Waals surface area contributed by atoms with Gasteiger partial charge in [0.15, 0.2) is 0 Å². The van der Waals surface area contributed by atoms with Gasteiger partial charge in [-0.15, -0.1) is 0 Å². The van der Waals surface area contributed by atoms with Crippen LogP contribution in [0.25, 0.3) is 0 Å². The van der Waals surface area contributed by atoms with Gasteiger partial charge in [-0.05, 0) is 41.0 Å². The molecule has 2 aliphatic heterocycles. The average Bonchev–Trinajstić information content (AvgIpc) is 2.97. The molecule has 1 N–H and O–H groups in total. The Morgan fingerprint density at radius 3 is 2.05 bits per heavy atom. The van der Waals surface area contributed by atoms with Crippen LogP contribution in [0.3, 0.4) is 0 Å². The van der Waals surface area contributed by atoms with E-state index in [2.05, 4.69) is 27.2 Å². The molecule has 0 atom stereocenters. The molecule has 3 aromatic carbocycles. The van der Waals surface area contributed by atoms with Crippen molar-refractivity contribution in [3.63, 3.8) is 0 Å². The molecule has 0 spiro atoms. The topological polar surface area (TPSA) is 82.2 Å². The van der Waals surface area contributed by atoms with E-state index in [4.69, 9.17) is 4.74 Å². The molecule has 5 rings (SSSR count). The maximum absolute atomic E-state index is 12.9. The number of morpholine rings is 1. The molecule has 0 saturated carbocycles. The summed E-state index contributed by atoms with van der Waals surface area (Å²) in [5, 5.41) is 3.06. The fourth-order valence-electron chi connectivity index (χ4n) is 5.08. The van der Waals surface area contributed by atoms with E-state index in [1.807, 2.05) is 42.5 Å². The normalized spacial score (nSPS) is 17.6. The highest BCUT2D eigenvalue weighted by Gasteiger charge is 2.28. The van der Waals surface area contributed by atoms with E-state index in [1.54, 1.807) is 28.6 Å². The molecule has 2 aliphatic rings. The third-order valence-corrected chi connectivity index (χ3v) is 9.17. The predicted molar refractivity (Wildman–Crippen MR) is 151 cm³/mol. The van der Waals surface area contributed by atoms with Crippen molar-refractivity contribution >= 4 is 15.9 Å². The summed E-state index contributed by atoms with van der Waals surface area (Å²) < 4.78 is 32.8. The number of carbonyl (C=O) groups is 1. The minimum Gasteiger partial charge on any atom is -0.379 e. The Hall–Kier alpha value is -3.08. The molecular formula is C30H36N4O4S. The van der Waals surface area contributed by atoms with E-state index in [0.29, 0.717) is 49.7 Å². The van der Waals surface area contributed by atoms with Crippen LogP contribution in [0.15, 0.2) is 83.8 Å². The lowest BCUT2D eigenvalue weighted by Crippen LogP contribution is -2.48. The van der Waals surface area contributed by atoms with E-state index >= 15 is 0 Å². The average molecular weight is 549 g/mol. The number of nitrogens with zero attached hydrogens (tertiary/aromatic N) is 3. The molecule has 0 radical (unpaired) electrons. The van der Waals surface area contributed by atoms with Gasteiger partial charge in [-0.25, -0.2) is 8.42 Å². The van der Waals surface area contributed by atoms with Gasteiger partial charge >= 0.3 is 0 Å². The van der Waals surface area contributed by atoms with E-state index in [9.17, 15) is 13.2 Å². The van der Waals surface area contributed by atoms with Gasteiger partial charge in [0.25, 0.3) is 5.91 Å². The van der Waals surface area contributed by atoms with Gasteiger partial charge in [0, 0.05) is 64.5 Å². The molecule has 0 bridgehead atoms. The second-order valence-corrected chi connectivity index (χ2v) is 12.0. The van der Waals surface area contributed by atoms with Crippen molar-refractivity contribution in [3.8, 4) is 0 Å². The smallest absolute Gasteiger partial charge is 0.251 e. The van der Waals surface area contributed by atoms with Crippen LogP contribution in [0, 0.1) is 0 Å². The Bertz CT molecular complexity index is 1350. The van der Waals surface area contributed by atoms with Gasteiger partial charge in [0.2, 0.25) is 10.0 Å². The van der Waals surface area contributed by atoms with Gasteiger partial charge in [-0.2, -0.15) is 4.31 Å². The summed E-state index contributed by atoms with van der Waals surface area (Å²) >= 11 is 0. The molecule has 2 heterocycles. The molecular weight excluding hydrogens is 512 g/mol. The predicted octanol–water partition coefficient (Wildman–Crippen LogP) is 2.96. The lowest BCUT2D eigenvalue weighted by atomic mass is 10.1. The summed E-state index contributed by atoms with van der Waals surface area (Å²) in [5.41, 5.74) is 3.98. The third kappa shape index (κ3) is 7.32. The summed E-state index contributed by atoms with van der Waals surface area (Å²) in [7, 11) is -3.47. The van der Waals surface area contributed by atoms with Crippen molar-refractivity contribution < 1.29 is 17.9 Å². The number of hydrogen-bond acceptors (Lipinski definition) is 6. The summed E-state index contributed by atoms with van der Waals surface area (Å²) in [6, 6.07) is 24.6. The minimum atomic E-state index is -3.47. The highest BCUT2D eigenvalue weighted by Crippen LogP contribution is 2.19. The standard InChI is InChI=1S/C30H36N4O4S/c35-30(31-22-25-6-4-7-26(20-25)23-33-16-18-38-19-17-33)28-9-5-8-27(21-28)24-32-12-14-34(15-13-32)39(36,37)29-10-2-1-3-11-29/h1-11,20-21H,12-19,22-24H2,(H,31,35). The molecule has 8 nitrogen and oxygen atoms in total. The number of ether oxygens (including phenoxy) is 1. The third-order valence-electron chi connectivity index (χ3n) is 7.26. The Balaban J connectivity index is 1.12. The second-order valence-electron chi connectivity index (χ2n) is 10.1. The number of rotatable bonds is 9. The van der Waals surface area contributed by atoms with Crippen molar-refractivity contribution in [3.05, 3.63) is 101 Å². The van der Waals surface area contributed by atoms with Crippen molar-refractivity contribution in [2.45, 2.75) is 24.5 Å². The summed E-state index contributed by atoms with van der Waals surface area (Å²) in [6.45, 7) is 7.65. The lowest BCUT2D eigenvalue weighted by Gasteiger charge is -2.34. The molecule has 9 heteroatoms. The van der Waals surface area contributed by atoms with Crippen LogP contribution in [-0.2, 0) is 34.4 Å². The Labute approximate surface area is 231 Å². The van der Waals surface area contributed by atoms with Crippen molar-refractivity contribution in [2.24, 2.45) is 0 Å². The van der Waals surface area contributed by atoms with Gasteiger partial charge in [-0.1, -0.05) is 54.6 Å². The van der Waals surface area contributed by atoms with Crippen LogP contribution < -0.4 is 5.32 Å². The van der Waals surface area contributed by atoms with Crippen molar-refractivity contribution in [2.75, 3.05) is 52.5 Å². The molecule has 3 aromatic rings. The molecule has 2 fully saturated rings. The van der Waals surface area contributed by atoms with Gasteiger partial charge in [0.05, 0.1) is 18.1 Å². The Kier molecular flexibility index (Phi) is 9.06. The first kappa shape index (κ1) is 27.5. The highest BCUT2D eigenvalue weighted by molar-refractivity contribution is 7.89. The number of amides is 1. The fraction of sp³-hybridized carbons (Fsp3) is 0.367. The maximum atomic E-state index is 12.9. The van der Waals surface area contributed by atoms with Crippen LogP contribution in [0.2, 0.25) is 0 Å². The maximum Gasteiger partial charge on any atom is 0.251 e. The van der Waals surface area contributed by atoms with Crippen LogP contribution in [-0.4, -0.2) is 80.9 Å². The fourth-order valence-corrected chi connectivity index (χ4v) is 6.52. The van der Waals surface area contributed by atoms with Crippen LogP contribution in [0.5, 0.6) is 0 Å². The molecule has 2 saturated heterocycles. The van der Waals surface area contributed by atoms with Gasteiger partial charge in [-0.3, -0.25) is 14.6 Å². The van der Waals surface area contributed by atoms with E-state index in [1.165, 1.54) is 5.56 Å². The molecule has 1 amide bonds. The number of piperazine rings is 1. The molecule has 0 unspecified atom stereocenters. The number of sulfonamides is 1. The van der Waals surface area contributed by atoms with E-state index in [0.717, 1.165) is 44.0 Å². The number of hydrogen-bond donors (Lipinski definition) is 1. The number of nitrogens with one attached hydrogen (secondary N) is 1. The van der Waals surface area contributed by atoms with Crippen molar-refractivity contribution in [1.82, 2.24) is 19.4 Å². The molecule has 206 valence electrons. The van der Waals surface area contributed by atoms with Crippen LogP contribution in [0.1, 0.15) is 27.0 Å². The highest BCUT2D eigenvalue weighted by atomic mass is 32.2. The van der Waals surface area contributed by atoms with Gasteiger partial charge in [0.1, 0.15) is 0 Å². The van der Waals surface area contributed by atoms with Crippen LogP contribution in [0.4, 0.5) is 0 Å². The first-order valence-electron chi connectivity index (χ1n) is 13.5. The SMILES string of the molecule is O=C(NCc1cccc(CN2CCOCC2)c1)c1cccc(CN2CCN(S(=O)(=O)c3ccccc3)CC2)c1. The summed E-state index contributed by atoms with van der Waals surface area (Å²) in [5.74, 6) is -0.103. The molecule has 0 aromatic heterocycles. The monoisotopic (exact) mass is 548 g/mol. The first-order valence-corrected chi connectivity index (χ1v) is 14.9. The van der Waals surface area contributed by atoms with E-state index < -0.39 is 10.0 Å². The zero-order valence-corrected chi connectivity index (χ0v) is 23.0. The van der Waals surface area contributed by atoms with Crippen molar-refractivity contribution in [1.29, 1.82) is 0 Å². The Morgan fingerprint density at radius 2 is 1.33 bits per heavy atom. The number of carbonyl (C=O) groups excluding carboxylic acids is 1. The number of benzene rings is 3. The quantitative estimate of drug-likeness (QED) is 0.443. The molecule has 39 heavy (non-hydrogen) atoms. The van der Waals surface area contributed by atoms with E-state index in [-0.39, 0.29) is 5.91 Å². The minimum absolute atomic E-state index is 0.103. The Morgan fingerprint density at radius 1 is 0.718 bits per heavy atom. The summed E-state index contributed by atoms with van der Waals surface area (Å²) in [4.78, 5) is 17.9. The zero-order chi connectivity index (χ0) is 27.1. The largest absolute Gasteiger partial charge is 0.379 e. The van der Waals surface area contributed by atoms with Crippen LogP contribution >= 0.6 is 0 Å².